The zero-order valence-electron chi connectivity index (χ0n) is 9.02. The molecule has 1 aromatic rings. The summed E-state index contributed by atoms with van der Waals surface area (Å²) in [7, 11) is -3.79. The van der Waals surface area contributed by atoms with Gasteiger partial charge in [-0.05, 0) is 18.2 Å². The van der Waals surface area contributed by atoms with E-state index in [4.69, 9.17) is 16.9 Å². The van der Waals surface area contributed by atoms with Crippen LogP contribution < -0.4 is 0 Å². The highest BCUT2D eigenvalue weighted by molar-refractivity contribution is 7.89. The minimum absolute atomic E-state index is 0.124. The van der Waals surface area contributed by atoms with Crippen molar-refractivity contribution >= 4 is 21.6 Å². The Labute approximate surface area is 104 Å². The number of nitrogens with zero attached hydrogens (tertiary/aromatic N) is 2. The molecular weight excluding hydrogens is 267 g/mol. The maximum atomic E-state index is 12.9. The second-order valence-electron chi connectivity index (χ2n) is 3.17. The molecule has 0 aromatic heterocycles. The topological polar surface area (TPSA) is 61.2 Å². The van der Waals surface area contributed by atoms with Crippen molar-refractivity contribution in [2.75, 3.05) is 13.1 Å². The molecule has 0 fully saturated rings. The van der Waals surface area contributed by atoms with Crippen molar-refractivity contribution in [2.45, 2.75) is 11.8 Å². The number of sulfonamides is 1. The molecule has 0 aliphatic rings. The molecule has 0 atom stereocenters. The summed E-state index contributed by atoms with van der Waals surface area (Å²) >= 11 is 5.52. The largest absolute Gasteiger partial charge is 0.244 e. The standard InChI is InChI=1S/C10H10ClFN2O2S/c1-2-14(6-5-13)17(15,16)8-3-4-10(12)9(11)7-8/h3-4,7H,2,6H2,1H3. The minimum atomic E-state index is -3.79. The van der Waals surface area contributed by atoms with Gasteiger partial charge in [0, 0.05) is 6.54 Å². The van der Waals surface area contributed by atoms with Gasteiger partial charge in [0.25, 0.3) is 0 Å². The first kappa shape index (κ1) is 13.9. The normalized spacial score (nSPS) is 11.5. The predicted molar refractivity (Wildman–Crippen MR) is 61.5 cm³/mol. The van der Waals surface area contributed by atoms with E-state index >= 15 is 0 Å². The average Bonchev–Trinajstić information content (AvgIpc) is 2.29. The maximum absolute atomic E-state index is 12.9. The predicted octanol–water partition coefficient (Wildman–Crippen LogP) is 2.01. The van der Waals surface area contributed by atoms with Gasteiger partial charge in [-0.3, -0.25) is 0 Å². The van der Waals surface area contributed by atoms with E-state index in [-0.39, 0.29) is 23.0 Å². The fourth-order valence-electron chi connectivity index (χ4n) is 1.23. The first-order chi connectivity index (χ1) is 7.93. The third-order valence-corrected chi connectivity index (χ3v) is 4.34. The Morgan fingerprint density at radius 3 is 2.65 bits per heavy atom. The second kappa shape index (κ2) is 5.45. The van der Waals surface area contributed by atoms with E-state index in [0.717, 1.165) is 22.5 Å². The Morgan fingerprint density at radius 2 is 2.18 bits per heavy atom. The molecule has 0 N–H and O–H groups in total. The molecule has 0 spiro atoms. The van der Waals surface area contributed by atoms with Crippen LogP contribution >= 0.6 is 11.6 Å². The summed E-state index contributed by atoms with van der Waals surface area (Å²) in [6, 6.07) is 4.90. The SMILES string of the molecule is CCN(CC#N)S(=O)(=O)c1ccc(F)c(Cl)c1. The van der Waals surface area contributed by atoms with Crippen molar-refractivity contribution < 1.29 is 12.8 Å². The quantitative estimate of drug-likeness (QED) is 0.791. The van der Waals surface area contributed by atoms with E-state index in [1.165, 1.54) is 0 Å². The fraction of sp³-hybridized carbons (Fsp3) is 0.300. The average molecular weight is 277 g/mol. The van der Waals surface area contributed by atoms with Crippen LogP contribution in [0.2, 0.25) is 5.02 Å². The van der Waals surface area contributed by atoms with Gasteiger partial charge in [-0.25, -0.2) is 12.8 Å². The van der Waals surface area contributed by atoms with Crippen LogP contribution in [0, 0.1) is 17.1 Å². The Kier molecular flexibility index (Phi) is 4.46. The number of halogens is 2. The van der Waals surface area contributed by atoms with Crippen molar-refractivity contribution in [1.29, 1.82) is 5.26 Å². The zero-order valence-corrected chi connectivity index (χ0v) is 10.6. The molecule has 0 aliphatic carbocycles. The summed E-state index contributed by atoms with van der Waals surface area (Å²) in [5, 5.41) is 8.27. The van der Waals surface area contributed by atoms with Gasteiger partial charge in [0.05, 0.1) is 16.0 Å². The summed E-state index contributed by atoms with van der Waals surface area (Å²) in [5.41, 5.74) is 0. The van der Waals surface area contributed by atoms with Crippen molar-refractivity contribution in [2.24, 2.45) is 0 Å². The highest BCUT2D eigenvalue weighted by Gasteiger charge is 2.23. The fourth-order valence-corrected chi connectivity index (χ4v) is 2.85. The molecule has 0 unspecified atom stereocenters. The van der Waals surface area contributed by atoms with Crippen molar-refractivity contribution in [1.82, 2.24) is 4.31 Å². The third kappa shape index (κ3) is 2.94. The summed E-state index contributed by atoms with van der Waals surface area (Å²) < 4.78 is 37.9. The van der Waals surface area contributed by atoms with Gasteiger partial charge in [0.1, 0.15) is 12.4 Å². The van der Waals surface area contributed by atoms with Gasteiger partial charge in [0.2, 0.25) is 10.0 Å². The molecule has 7 heteroatoms. The Bertz CT molecular complexity index is 554. The smallest absolute Gasteiger partial charge is 0.207 e. The minimum Gasteiger partial charge on any atom is -0.207 e. The first-order valence-electron chi connectivity index (χ1n) is 4.75. The van der Waals surface area contributed by atoms with E-state index < -0.39 is 15.8 Å². The van der Waals surface area contributed by atoms with Crippen LogP contribution in [0.5, 0.6) is 0 Å². The second-order valence-corrected chi connectivity index (χ2v) is 5.51. The van der Waals surface area contributed by atoms with E-state index in [9.17, 15) is 12.8 Å². The van der Waals surface area contributed by atoms with Crippen LogP contribution in [0.1, 0.15) is 6.92 Å². The molecule has 0 saturated carbocycles. The van der Waals surface area contributed by atoms with E-state index in [2.05, 4.69) is 0 Å². The number of benzene rings is 1. The number of hydrogen-bond acceptors (Lipinski definition) is 3. The maximum Gasteiger partial charge on any atom is 0.244 e. The van der Waals surface area contributed by atoms with Crippen LogP contribution in [-0.4, -0.2) is 25.8 Å². The number of nitriles is 1. The zero-order chi connectivity index (χ0) is 13.1. The molecule has 0 heterocycles. The monoisotopic (exact) mass is 276 g/mol. The molecular formula is C10H10ClFN2O2S. The van der Waals surface area contributed by atoms with Crippen LogP contribution in [0.3, 0.4) is 0 Å². The van der Waals surface area contributed by atoms with Crippen LogP contribution in [0.25, 0.3) is 0 Å². The van der Waals surface area contributed by atoms with Crippen LogP contribution in [0.4, 0.5) is 4.39 Å². The molecule has 92 valence electrons. The van der Waals surface area contributed by atoms with E-state index in [1.807, 2.05) is 0 Å². The third-order valence-electron chi connectivity index (χ3n) is 2.13. The molecule has 1 aromatic carbocycles. The van der Waals surface area contributed by atoms with Gasteiger partial charge in [-0.1, -0.05) is 18.5 Å². The Hall–Kier alpha value is -1.16. The summed E-state index contributed by atoms with van der Waals surface area (Å²) in [6.45, 7) is 1.51. The van der Waals surface area contributed by atoms with Gasteiger partial charge in [-0.2, -0.15) is 9.57 Å². The Morgan fingerprint density at radius 1 is 1.53 bits per heavy atom. The number of hydrogen-bond donors (Lipinski definition) is 0. The lowest BCUT2D eigenvalue weighted by atomic mass is 10.3. The van der Waals surface area contributed by atoms with Crippen molar-refractivity contribution in [3.8, 4) is 6.07 Å². The van der Waals surface area contributed by atoms with E-state index in [0.29, 0.717) is 0 Å². The molecule has 0 amide bonds. The molecule has 0 bridgehead atoms. The highest BCUT2D eigenvalue weighted by Crippen LogP contribution is 2.21. The lowest BCUT2D eigenvalue weighted by Crippen LogP contribution is -2.31. The van der Waals surface area contributed by atoms with Gasteiger partial charge < -0.3 is 0 Å². The molecule has 0 saturated heterocycles. The Balaban J connectivity index is 3.21. The van der Waals surface area contributed by atoms with Gasteiger partial charge in [-0.15, -0.1) is 0 Å². The summed E-state index contributed by atoms with van der Waals surface area (Å²) in [5.74, 6) is -0.686. The summed E-state index contributed by atoms with van der Waals surface area (Å²) in [6.07, 6.45) is 0. The molecule has 17 heavy (non-hydrogen) atoms. The van der Waals surface area contributed by atoms with Crippen LogP contribution in [-0.2, 0) is 10.0 Å². The van der Waals surface area contributed by atoms with Gasteiger partial charge in [0.15, 0.2) is 0 Å². The van der Waals surface area contributed by atoms with Crippen molar-refractivity contribution in [3.63, 3.8) is 0 Å². The number of rotatable bonds is 4. The van der Waals surface area contributed by atoms with Gasteiger partial charge >= 0.3 is 0 Å². The summed E-state index contributed by atoms with van der Waals surface area (Å²) in [4.78, 5) is -0.124. The lowest BCUT2D eigenvalue weighted by molar-refractivity contribution is 0.462. The van der Waals surface area contributed by atoms with Crippen molar-refractivity contribution in [3.05, 3.63) is 29.0 Å². The molecule has 0 radical (unpaired) electrons. The first-order valence-corrected chi connectivity index (χ1v) is 6.57. The lowest BCUT2D eigenvalue weighted by Gasteiger charge is -2.17. The van der Waals surface area contributed by atoms with Crippen LogP contribution in [0.15, 0.2) is 23.1 Å². The van der Waals surface area contributed by atoms with E-state index in [1.54, 1.807) is 13.0 Å². The highest BCUT2D eigenvalue weighted by atomic mass is 35.5. The molecule has 0 aliphatic heterocycles. The molecule has 1 rings (SSSR count). The molecule has 4 nitrogen and oxygen atoms in total.